The first-order valence-electron chi connectivity index (χ1n) is 10.9. The van der Waals surface area contributed by atoms with Gasteiger partial charge >= 0.3 is 0 Å². The lowest BCUT2D eigenvalue weighted by molar-refractivity contribution is -0.132. The Balaban J connectivity index is 2.02. The van der Waals surface area contributed by atoms with Gasteiger partial charge in [0.2, 0.25) is 21.8 Å². The van der Waals surface area contributed by atoms with Crippen LogP contribution in [0.25, 0.3) is 0 Å². The van der Waals surface area contributed by atoms with Crippen LogP contribution in [0.1, 0.15) is 32.8 Å². The minimum absolute atomic E-state index is 0.0761. The second kappa shape index (κ2) is 9.83. The molecule has 0 spiro atoms. The molecule has 0 radical (unpaired) electrons. The largest absolute Gasteiger partial charge is 0.354 e. The van der Waals surface area contributed by atoms with Crippen LogP contribution < -0.4 is 10.2 Å². The topological polar surface area (TPSA) is 86.8 Å². The predicted octanol–water partition coefficient (Wildman–Crippen LogP) is 3.61. The Hall–Kier alpha value is -2.42. The van der Waals surface area contributed by atoms with E-state index in [4.69, 9.17) is 11.6 Å². The number of aryl methyl sites for hydroxylation is 1. The maximum Gasteiger partial charge on any atom is 0.247 e. The van der Waals surface area contributed by atoms with Crippen LogP contribution in [0.15, 0.2) is 53.4 Å². The average molecular weight is 492 g/mol. The number of carbonyl (C=O) groups excluding carboxylic acids is 2. The van der Waals surface area contributed by atoms with Gasteiger partial charge in [0.05, 0.1) is 11.4 Å². The summed E-state index contributed by atoms with van der Waals surface area (Å²) >= 11 is 6.31. The number of anilines is 1. The fourth-order valence-electron chi connectivity index (χ4n) is 3.87. The van der Waals surface area contributed by atoms with Gasteiger partial charge in [0.15, 0.2) is 0 Å². The molecule has 3 rings (SSSR count). The van der Waals surface area contributed by atoms with Gasteiger partial charge in [0.25, 0.3) is 0 Å². The van der Waals surface area contributed by atoms with E-state index in [2.05, 4.69) is 5.32 Å². The van der Waals surface area contributed by atoms with Gasteiger partial charge in [-0.2, -0.15) is 4.31 Å². The van der Waals surface area contributed by atoms with Crippen LogP contribution in [-0.2, 0) is 19.6 Å². The number of carbonyl (C=O) groups is 2. The van der Waals surface area contributed by atoms with E-state index in [0.29, 0.717) is 23.2 Å². The summed E-state index contributed by atoms with van der Waals surface area (Å²) in [4.78, 5) is 28.3. The number of nitrogens with zero attached hydrogens (tertiary/aromatic N) is 2. The highest BCUT2D eigenvalue weighted by atomic mass is 35.5. The first kappa shape index (κ1) is 25.2. The average Bonchev–Trinajstić information content (AvgIpc) is 2.76. The first-order valence-corrected chi connectivity index (χ1v) is 12.7. The molecule has 0 aromatic heterocycles. The summed E-state index contributed by atoms with van der Waals surface area (Å²) in [6, 6.07) is 13.0. The molecule has 9 heteroatoms. The van der Waals surface area contributed by atoms with E-state index in [9.17, 15) is 18.0 Å². The fourth-order valence-corrected chi connectivity index (χ4v) is 5.54. The molecule has 1 heterocycles. The van der Waals surface area contributed by atoms with Crippen molar-refractivity contribution < 1.29 is 18.0 Å². The molecule has 1 atom stereocenters. The summed E-state index contributed by atoms with van der Waals surface area (Å²) in [5.41, 5.74) is -0.178. The number of nitrogens with one attached hydrogen (secondary N) is 1. The maximum atomic E-state index is 13.4. The normalized spacial score (nSPS) is 19.7. The SMILES string of the molecule is Cc1ccc(N2C(=O)CN(S(=O)(=O)c3ccccc3)C[C@@]2(C)C(=O)NCCC(C)C)cc1Cl. The van der Waals surface area contributed by atoms with Crippen molar-refractivity contribution in [2.45, 2.75) is 44.6 Å². The van der Waals surface area contributed by atoms with Crippen molar-refractivity contribution in [3.8, 4) is 0 Å². The highest BCUT2D eigenvalue weighted by Crippen LogP contribution is 2.34. The summed E-state index contributed by atoms with van der Waals surface area (Å²) in [6.07, 6.45) is 0.762. The van der Waals surface area contributed by atoms with Crippen LogP contribution in [0.2, 0.25) is 5.02 Å². The minimum atomic E-state index is -3.97. The Morgan fingerprint density at radius 3 is 2.45 bits per heavy atom. The molecular weight excluding hydrogens is 462 g/mol. The summed E-state index contributed by atoms with van der Waals surface area (Å²) in [6.45, 7) is 7.40. The lowest BCUT2D eigenvalue weighted by Crippen LogP contribution is -2.70. The molecular formula is C24H30ClN3O4S. The molecule has 1 aliphatic rings. The zero-order chi connectivity index (χ0) is 24.4. The number of sulfonamides is 1. The highest BCUT2D eigenvalue weighted by molar-refractivity contribution is 7.89. The van der Waals surface area contributed by atoms with Crippen LogP contribution in [0.4, 0.5) is 5.69 Å². The molecule has 1 fully saturated rings. The third-order valence-corrected chi connectivity index (χ3v) is 8.04. The molecule has 1 aliphatic heterocycles. The molecule has 0 aliphatic carbocycles. The fraction of sp³-hybridized carbons (Fsp3) is 0.417. The molecule has 1 N–H and O–H groups in total. The molecule has 7 nitrogen and oxygen atoms in total. The Morgan fingerprint density at radius 1 is 1.18 bits per heavy atom. The zero-order valence-corrected chi connectivity index (χ0v) is 20.9. The molecule has 1 saturated heterocycles. The van der Waals surface area contributed by atoms with E-state index in [1.165, 1.54) is 17.0 Å². The molecule has 0 saturated carbocycles. The van der Waals surface area contributed by atoms with Crippen LogP contribution in [-0.4, -0.2) is 49.7 Å². The van der Waals surface area contributed by atoms with Gasteiger partial charge in [0, 0.05) is 23.8 Å². The minimum Gasteiger partial charge on any atom is -0.354 e. The molecule has 178 valence electrons. The van der Waals surface area contributed by atoms with E-state index in [0.717, 1.165) is 16.3 Å². The van der Waals surface area contributed by atoms with Gasteiger partial charge in [-0.25, -0.2) is 8.42 Å². The Labute approximate surface area is 200 Å². The quantitative estimate of drug-likeness (QED) is 0.641. The Morgan fingerprint density at radius 2 is 1.85 bits per heavy atom. The molecule has 33 heavy (non-hydrogen) atoms. The molecule has 2 aromatic rings. The monoisotopic (exact) mass is 491 g/mol. The smallest absolute Gasteiger partial charge is 0.247 e. The molecule has 2 amide bonds. The van der Waals surface area contributed by atoms with Crippen LogP contribution >= 0.6 is 11.6 Å². The van der Waals surface area contributed by atoms with Crippen LogP contribution in [0.3, 0.4) is 0 Å². The van der Waals surface area contributed by atoms with Crippen molar-refractivity contribution in [2.24, 2.45) is 5.92 Å². The standard InChI is InChI=1S/C24H30ClN3O4S/c1-17(2)12-13-26-23(30)24(4)16-27(33(31,32)20-8-6-5-7-9-20)15-22(29)28(24)19-11-10-18(3)21(25)14-19/h5-11,14,17H,12-13,15-16H2,1-4H3,(H,26,30)/t24-/m0/s1. The van der Waals surface area contributed by atoms with Gasteiger partial charge in [0.1, 0.15) is 5.54 Å². The second-order valence-electron chi connectivity index (χ2n) is 8.96. The number of amides is 2. The van der Waals surface area contributed by atoms with E-state index in [1.807, 2.05) is 20.8 Å². The number of rotatable bonds is 7. The third-order valence-electron chi connectivity index (χ3n) is 5.83. The molecule has 0 bridgehead atoms. The Kier molecular flexibility index (Phi) is 7.51. The highest BCUT2D eigenvalue weighted by Gasteiger charge is 2.51. The zero-order valence-electron chi connectivity index (χ0n) is 19.3. The van der Waals surface area contributed by atoms with Crippen LogP contribution in [0, 0.1) is 12.8 Å². The summed E-state index contributed by atoms with van der Waals surface area (Å²) in [5, 5.41) is 3.36. The van der Waals surface area contributed by atoms with Crippen molar-refractivity contribution in [1.29, 1.82) is 0 Å². The molecule has 2 aromatic carbocycles. The number of halogens is 1. The van der Waals surface area contributed by atoms with Gasteiger partial charge in [-0.15, -0.1) is 0 Å². The summed E-state index contributed by atoms with van der Waals surface area (Å²) in [5.74, 6) is -0.531. The van der Waals surface area contributed by atoms with Gasteiger partial charge < -0.3 is 5.32 Å². The summed E-state index contributed by atoms with van der Waals surface area (Å²) in [7, 11) is -3.97. The van der Waals surface area contributed by atoms with Crippen molar-refractivity contribution in [3.05, 3.63) is 59.1 Å². The van der Waals surface area contributed by atoms with Gasteiger partial charge in [-0.05, 0) is 56.0 Å². The third kappa shape index (κ3) is 5.23. The van der Waals surface area contributed by atoms with E-state index in [-0.39, 0.29) is 18.0 Å². The number of hydrogen-bond donors (Lipinski definition) is 1. The maximum absolute atomic E-state index is 13.4. The first-order chi connectivity index (χ1) is 15.5. The van der Waals surface area contributed by atoms with Gasteiger partial charge in [-0.1, -0.05) is 49.7 Å². The lowest BCUT2D eigenvalue weighted by Gasteiger charge is -2.46. The number of benzene rings is 2. The van der Waals surface area contributed by atoms with E-state index in [1.54, 1.807) is 43.3 Å². The predicted molar refractivity (Wildman–Crippen MR) is 130 cm³/mol. The van der Waals surface area contributed by atoms with E-state index >= 15 is 0 Å². The van der Waals surface area contributed by atoms with E-state index < -0.39 is 27.4 Å². The second-order valence-corrected chi connectivity index (χ2v) is 11.3. The number of hydrogen-bond acceptors (Lipinski definition) is 4. The van der Waals surface area contributed by atoms with Crippen molar-refractivity contribution in [3.63, 3.8) is 0 Å². The van der Waals surface area contributed by atoms with Crippen LogP contribution in [0.5, 0.6) is 0 Å². The van der Waals surface area contributed by atoms with Crippen molar-refractivity contribution in [1.82, 2.24) is 9.62 Å². The molecule has 0 unspecified atom stereocenters. The van der Waals surface area contributed by atoms with Crippen molar-refractivity contribution >= 4 is 39.1 Å². The summed E-state index contributed by atoms with van der Waals surface area (Å²) < 4.78 is 27.7. The van der Waals surface area contributed by atoms with Crippen molar-refractivity contribution in [2.75, 3.05) is 24.5 Å². The lowest BCUT2D eigenvalue weighted by atomic mass is 9.94. The number of piperazine rings is 1. The Bertz CT molecular complexity index is 1140. The van der Waals surface area contributed by atoms with Gasteiger partial charge in [-0.3, -0.25) is 14.5 Å².